The second-order valence-electron chi connectivity index (χ2n) is 6.51. The Morgan fingerprint density at radius 3 is 2.96 bits per heavy atom. The van der Waals surface area contributed by atoms with Crippen LogP contribution >= 0.6 is 0 Å². The van der Waals surface area contributed by atoms with Crippen molar-refractivity contribution in [1.29, 1.82) is 0 Å². The van der Waals surface area contributed by atoms with Crippen LogP contribution in [0.5, 0.6) is 5.75 Å². The Morgan fingerprint density at radius 2 is 2.16 bits per heavy atom. The first-order valence-corrected chi connectivity index (χ1v) is 8.61. The smallest absolute Gasteiger partial charge is 0.269 e. The molecule has 0 radical (unpaired) electrons. The molecule has 0 spiro atoms. The molecule has 0 fully saturated rings. The van der Waals surface area contributed by atoms with Gasteiger partial charge in [-0.1, -0.05) is 24.3 Å². The Kier molecular flexibility index (Phi) is 3.92. The Balaban J connectivity index is 1.73. The fraction of sp³-hybridized carbons (Fsp3) is 0.300. The highest BCUT2D eigenvalue weighted by molar-refractivity contribution is 5.62. The zero-order valence-corrected chi connectivity index (χ0v) is 14.0. The zero-order chi connectivity index (χ0) is 17.4. The molecule has 25 heavy (non-hydrogen) atoms. The van der Waals surface area contributed by atoms with Gasteiger partial charge >= 0.3 is 0 Å². The monoisotopic (exact) mass is 336 g/mol. The molecule has 0 aromatic heterocycles. The summed E-state index contributed by atoms with van der Waals surface area (Å²) in [7, 11) is 0. The van der Waals surface area contributed by atoms with E-state index in [-0.39, 0.29) is 16.7 Å². The quantitative estimate of drug-likeness (QED) is 0.494. The second kappa shape index (κ2) is 6.24. The number of hydrogen-bond acceptors (Lipinski definition) is 4. The zero-order valence-electron chi connectivity index (χ0n) is 14.0. The molecular weight excluding hydrogens is 316 g/mol. The van der Waals surface area contributed by atoms with Crippen molar-refractivity contribution in [3.8, 4) is 5.75 Å². The Morgan fingerprint density at radius 1 is 1.28 bits per heavy atom. The van der Waals surface area contributed by atoms with Crippen LogP contribution in [-0.2, 0) is 0 Å². The average Bonchev–Trinajstić information content (AvgIpc) is 3.11. The summed E-state index contributed by atoms with van der Waals surface area (Å²) in [5.74, 6) is 1.54. The van der Waals surface area contributed by atoms with E-state index in [0.717, 1.165) is 23.4 Å². The summed E-state index contributed by atoms with van der Waals surface area (Å²) >= 11 is 0. The molecule has 4 rings (SSSR count). The van der Waals surface area contributed by atoms with Crippen molar-refractivity contribution in [2.75, 3.05) is 11.9 Å². The van der Waals surface area contributed by atoms with Crippen molar-refractivity contribution in [2.45, 2.75) is 25.3 Å². The Labute approximate surface area is 146 Å². The van der Waals surface area contributed by atoms with Gasteiger partial charge in [0.15, 0.2) is 0 Å². The van der Waals surface area contributed by atoms with Crippen LogP contribution in [0, 0.1) is 16.0 Å². The van der Waals surface area contributed by atoms with Crippen LogP contribution < -0.4 is 10.1 Å². The van der Waals surface area contributed by atoms with Crippen molar-refractivity contribution in [1.82, 2.24) is 0 Å². The lowest BCUT2D eigenvalue weighted by atomic mass is 9.77. The third-order valence-electron chi connectivity index (χ3n) is 5.09. The Hall–Kier alpha value is -2.82. The van der Waals surface area contributed by atoms with Gasteiger partial charge in [0.25, 0.3) is 5.69 Å². The molecule has 1 heterocycles. The van der Waals surface area contributed by atoms with E-state index in [9.17, 15) is 10.1 Å². The van der Waals surface area contributed by atoms with Gasteiger partial charge in [-0.15, -0.1) is 0 Å². The van der Waals surface area contributed by atoms with E-state index in [2.05, 4.69) is 23.5 Å². The van der Waals surface area contributed by atoms with Gasteiger partial charge in [0, 0.05) is 23.7 Å². The largest absolute Gasteiger partial charge is 0.494 e. The molecule has 0 unspecified atom stereocenters. The van der Waals surface area contributed by atoms with E-state index in [4.69, 9.17) is 4.74 Å². The predicted molar refractivity (Wildman–Crippen MR) is 97.1 cm³/mol. The normalized spacial score (nSPS) is 23.5. The molecule has 0 amide bonds. The SMILES string of the molecule is CCOc1ccc2c(c1)[C@@H]1C=CC[C@H]1[C@@H](c1cccc([N+](=O)[O-])c1)N2. The molecule has 1 N–H and O–H groups in total. The first-order chi connectivity index (χ1) is 12.2. The summed E-state index contributed by atoms with van der Waals surface area (Å²) in [6, 6.07) is 13.2. The third-order valence-corrected chi connectivity index (χ3v) is 5.09. The van der Waals surface area contributed by atoms with E-state index >= 15 is 0 Å². The molecule has 2 aliphatic rings. The van der Waals surface area contributed by atoms with Crippen LogP contribution in [0.25, 0.3) is 0 Å². The fourth-order valence-electron chi connectivity index (χ4n) is 3.99. The topological polar surface area (TPSA) is 64.4 Å². The number of allylic oxidation sites excluding steroid dienone is 2. The summed E-state index contributed by atoms with van der Waals surface area (Å²) in [6.45, 7) is 2.63. The number of anilines is 1. The first-order valence-electron chi connectivity index (χ1n) is 8.61. The maximum Gasteiger partial charge on any atom is 0.269 e. The molecule has 1 aliphatic heterocycles. The number of nitro benzene ring substituents is 1. The Bertz CT molecular complexity index is 847. The van der Waals surface area contributed by atoms with Crippen LogP contribution in [-0.4, -0.2) is 11.5 Å². The number of benzene rings is 2. The summed E-state index contributed by atoms with van der Waals surface area (Å²) in [6.07, 6.45) is 5.43. The van der Waals surface area contributed by atoms with Crippen LogP contribution in [0.3, 0.4) is 0 Å². The lowest BCUT2D eigenvalue weighted by molar-refractivity contribution is -0.384. The number of nitrogens with zero attached hydrogens (tertiary/aromatic N) is 1. The van der Waals surface area contributed by atoms with Crippen LogP contribution in [0.4, 0.5) is 11.4 Å². The van der Waals surface area contributed by atoms with Crippen molar-refractivity contribution in [3.05, 3.63) is 75.9 Å². The summed E-state index contributed by atoms with van der Waals surface area (Å²) in [5, 5.41) is 14.7. The molecule has 5 heteroatoms. The molecule has 3 atom stereocenters. The highest BCUT2D eigenvalue weighted by atomic mass is 16.6. The van der Waals surface area contributed by atoms with E-state index in [0.29, 0.717) is 18.4 Å². The number of non-ortho nitro benzene ring substituents is 1. The van der Waals surface area contributed by atoms with Gasteiger partial charge in [-0.3, -0.25) is 10.1 Å². The molecule has 0 saturated carbocycles. The van der Waals surface area contributed by atoms with E-state index in [1.165, 1.54) is 5.56 Å². The van der Waals surface area contributed by atoms with E-state index in [1.54, 1.807) is 18.2 Å². The van der Waals surface area contributed by atoms with Gasteiger partial charge in [0.05, 0.1) is 17.6 Å². The summed E-state index contributed by atoms with van der Waals surface area (Å²) in [5.41, 5.74) is 3.42. The summed E-state index contributed by atoms with van der Waals surface area (Å²) < 4.78 is 5.65. The highest BCUT2D eigenvalue weighted by Crippen LogP contribution is 2.50. The molecule has 0 saturated heterocycles. The first kappa shape index (κ1) is 15.7. The maximum absolute atomic E-state index is 11.1. The van der Waals surface area contributed by atoms with Crippen molar-refractivity contribution < 1.29 is 9.66 Å². The van der Waals surface area contributed by atoms with Crippen LogP contribution in [0.15, 0.2) is 54.6 Å². The molecule has 1 aliphatic carbocycles. The fourth-order valence-corrected chi connectivity index (χ4v) is 3.99. The number of ether oxygens (including phenoxy) is 1. The standard InChI is InChI=1S/C20H20N2O3/c1-2-25-15-9-10-19-18(12-15)16-7-4-8-17(16)20(21-19)13-5-3-6-14(11-13)22(23)24/h3-7,9-12,16-17,20-21H,2,8H2,1H3/t16-,17-,20-/m1/s1. The number of fused-ring (bicyclic) bond motifs is 3. The number of nitro groups is 1. The van der Waals surface area contributed by atoms with Crippen molar-refractivity contribution in [3.63, 3.8) is 0 Å². The van der Waals surface area contributed by atoms with Gasteiger partial charge in [-0.05, 0) is 48.6 Å². The lowest BCUT2D eigenvalue weighted by Gasteiger charge is -2.37. The number of rotatable bonds is 4. The molecule has 0 bridgehead atoms. The second-order valence-corrected chi connectivity index (χ2v) is 6.51. The van der Waals surface area contributed by atoms with Gasteiger partial charge in [-0.25, -0.2) is 0 Å². The van der Waals surface area contributed by atoms with Crippen LogP contribution in [0.1, 0.15) is 36.4 Å². The predicted octanol–water partition coefficient (Wildman–Crippen LogP) is 4.82. The lowest BCUT2D eigenvalue weighted by Crippen LogP contribution is -2.29. The summed E-state index contributed by atoms with van der Waals surface area (Å²) in [4.78, 5) is 10.8. The minimum Gasteiger partial charge on any atom is -0.494 e. The number of nitrogens with one attached hydrogen (secondary N) is 1. The molecule has 2 aromatic rings. The average molecular weight is 336 g/mol. The van der Waals surface area contributed by atoms with Gasteiger partial charge in [-0.2, -0.15) is 0 Å². The van der Waals surface area contributed by atoms with Gasteiger partial charge < -0.3 is 10.1 Å². The van der Waals surface area contributed by atoms with Crippen molar-refractivity contribution >= 4 is 11.4 Å². The minimum atomic E-state index is -0.334. The molecule has 2 aromatic carbocycles. The highest BCUT2D eigenvalue weighted by Gasteiger charge is 2.38. The van der Waals surface area contributed by atoms with Crippen LogP contribution in [0.2, 0.25) is 0 Å². The van der Waals surface area contributed by atoms with Crippen molar-refractivity contribution in [2.24, 2.45) is 5.92 Å². The van der Waals surface area contributed by atoms with Gasteiger partial charge in [0.2, 0.25) is 0 Å². The maximum atomic E-state index is 11.1. The molecule has 5 nitrogen and oxygen atoms in total. The third kappa shape index (κ3) is 2.76. The molecular formula is C20H20N2O3. The van der Waals surface area contributed by atoms with E-state index < -0.39 is 0 Å². The van der Waals surface area contributed by atoms with E-state index in [1.807, 2.05) is 25.1 Å². The number of hydrogen-bond donors (Lipinski definition) is 1. The van der Waals surface area contributed by atoms with Gasteiger partial charge in [0.1, 0.15) is 5.75 Å². The minimum absolute atomic E-state index is 0.0605. The molecule has 128 valence electrons.